The molecule has 6 nitrogen and oxygen atoms in total. The van der Waals surface area contributed by atoms with Gasteiger partial charge in [-0.2, -0.15) is 12.6 Å². The van der Waals surface area contributed by atoms with Crippen molar-refractivity contribution in [3.8, 4) is 0 Å². The Balaban J connectivity index is -0.0000000600. The molecule has 9 heteroatoms. The Morgan fingerprint density at radius 3 is 1.62 bits per heavy atom. The van der Waals surface area contributed by atoms with Gasteiger partial charge < -0.3 is 25.8 Å². The molecule has 66 valence electrons. The van der Waals surface area contributed by atoms with Gasteiger partial charge in [-0.25, -0.2) is 0 Å². The third kappa shape index (κ3) is 32.1. The summed E-state index contributed by atoms with van der Waals surface area (Å²) < 4.78 is 0. The fourth-order valence-electron chi connectivity index (χ4n) is 0.0781. The number of carbonyl (C=O) groups excluding carboxylic acids is 1. The molecule has 1 unspecified atom stereocenters. The fraction of sp³-hybridized carbons (Fsp3) is 0.500. The molecule has 0 saturated carbocycles. The molecule has 0 amide bonds. The molecule has 0 aromatic heterocycles. The molecule has 13 heavy (non-hydrogen) atoms. The van der Waals surface area contributed by atoms with Gasteiger partial charge >= 0.3 is 65.1 Å². The van der Waals surface area contributed by atoms with E-state index in [9.17, 15) is 4.79 Å². The molecule has 0 aliphatic carbocycles. The molecule has 0 saturated heterocycles. The van der Waals surface area contributed by atoms with Crippen LogP contribution in [0, 0.1) is 0 Å². The minimum atomic E-state index is -2.33. The maximum absolute atomic E-state index is 9.76. The number of carboxylic acid groups (broad SMARTS) is 3. The summed E-state index contributed by atoms with van der Waals surface area (Å²) in [5.74, 6) is -0.815. The summed E-state index contributed by atoms with van der Waals surface area (Å²) in [7, 11) is 0. The topological polar surface area (TPSA) is 127 Å². The molecule has 0 heterocycles. The molecule has 0 radical (unpaired) electrons. The van der Waals surface area contributed by atoms with Gasteiger partial charge in [0.15, 0.2) is 0 Å². The van der Waals surface area contributed by atoms with Crippen LogP contribution in [0.2, 0.25) is 0 Å². The van der Waals surface area contributed by atoms with Gasteiger partial charge in [-0.15, -0.1) is 0 Å². The number of carbonyl (C=O) groups is 2. The third-order valence-corrected chi connectivity index (χ3v) is 0.907. The van der Waals surface area contributed by atoms with Crippen molar-refractivity contribution in [3.63, 3.8) is 0 Å². The standard InChI is InChI=1S/C3H7NO2S.CH2O3.2Na/c4-2(1-7)3(5)6;2-1(3)4;;/h2,7H,1,4H2,(H,5,6);(H2,2,3,4);;/q;;2*+1/p-2. The molecule has 0 bridgehead atoms. The first-order chi connectivity index (χ1) is 4.91. The Morgan fingerprint density at radius 1 is 1.38 bits per heavy atom. The Bertz CT molecular complexity index is 142. The second-order valence-electron chi connectivity index (χ2n) is 1.38. The van der Waals surface area contributed by atoms with Gasteiger partial charge in [0, 0.05) is 5.75 Å². The minimum Gasteiger partial charge on any atom is -0.652 e. The Kier molecular flexibility index (Phi) is 28.3. The Morgan fingerprint density at radius 2 is 1.62 bits per heavy atom. The van der Waals surface area contributed by atoms with Gasteiger partial charge in [0.1, 0.15) is 6.04 Å². The predicted octanol–water partition coefficient (Wildman–Crippen LogP) is -9.11. The second-order valence-corrected chi connectivity index (χ2v) is 1.74. The third-order valence-electron chi connectivity index (χ3n) is 0.514. The van der Waals surface area contributed by atoms with E-state index in [0.29, 0.717) is 0 Å². The molecule has 1 atom stereocenters. The summed E-state index contributed by atoms with van der Waals surface area (Å²) in [6, 6.07) is -0.816. The van der Waals surface area contributed by atoms with E-state index in [1.165, 1.54) is 0 Å². The van der Waals surface area contributed by atoms with Crippen LogP contribution in [0.15, 0.2) is 0 Å². The van der Waals surface area contributed by atoms with Crippen LogP contribution in [-0.4, -0.2) is 29.0 Å². The maximum atomic E-state index is 9.76. The summed E-state index contributed by atoms with van der Waals surface area (Å²) in [5, 5.41) is 24.7. The molecular formula is C4H7NNa2O5S. The first kappa shape index (κ1) is 23.7. The van der Waals surface area contributed by atoms with E-state index in [4.69, 9.17) is 25.8 Å². The molecule has 0 rings (SSSR count). The smallest absolute Gasteiger partial charge is 0.652 e. The molecule has 0 aliphatic rings. The first-order valence-electron chi connectivity index (χ1n) is 2.39. The van der Waals surface area contributed by atoms with Crippen LogP contribution in [0.4, 0.5) is 4.79 Å². The normalized spacial score (nSPS) is 9.08. The fourth-order valence-corrected chi connectivity index (χ4v) is 0.234. The van der Waals surface area contributed by atoms with Crippen molar-refractivity contribution in [3.05, 3.63) is 0 Å². The summed E-state index contributed by atoms with van der Waals surface area (Å²) in [4.78, 5) is 18.1. The van der Waals surface area contributed by atoms with Crippen molar-refractivity contribution < 1.29 is 84.0 Å². The number of thiol groups is 1. The van der Waals surface area contributed by atoms with Crippen LogP contribution in [0.1, 0.15) is 0 Å². The number of hydrogen-bond acceptors (Lipinski definition) is 6. The van der Waals surface area contributed by atoms with Crippen LogP contribution in [0.3, 0.4) is 0 Å². The van der Waals surface area contributed by atoms with Crippen molar-refractivity contribution in [2.75, 3.05) is 5.75 Å². The van der Waals surface area contributed by atoms with E-state index >= 15 is 0 Å². The van der Waals surface area contributed by atoms with Gasteiger partial charge in [0.25, 0.3) is 0 Å². The first-order valence-corrected chi connectivity index (χ1v) is 3.02. The van der Waals surface area contributed by atoms with Crippen molar-refractivity contribution >= 4 is 24.8 Å². The van der Waals surface area contributed by atoms with E-state index < -0.39 is 18.2 Å². The number of hydrogen-bond donors (Lipinski definition) is 3. The van der Waals surface area contributed by atoms with Crippen molar-refractivity contribution in [2.45, 2.75) is 6.04 Å². The molecule has 0 aromatic rings. The summed E-state index contributed by atoms with van der Waals surface area (Å²) in [6.45, 7) is 0. The molecular weight excluding hydrogens is 220 g/mol. The van der Waals surface area contributed by atoms with Gasteiger partial charge in [-0.3, -0.25) is 4.79 Å². The van der Waals surface area contributed by atoms with E-state index in [1.54, 1.807) is 0 Å². The minimum absolute atomic E-state index is 0. The molecule has 0 aliphatic heterocycles. The largest absolute Gasteiger partial charge is 1.00 e. The van der Waals surface area contributed by atoms with E-state index in [1.807, 2.05) is 0 Å². The number of rotatable bonds is 2. The molecule has 0 spiro atoms. The number of carboxylic acids is 1. The van der Waals surface area contributed by atoms with Crippen LogP contribution < -0.4 is 75.1 Å². The Labute approximate surface area is 125 Å². The SMILES string of the molecule is NC(CS)C(=O)O.O=C([O-])[O-].[Na+].[Na+]. The molecule has 0 aromatic carbocycles. The average Bonchev–Trinajstić information content (AvgIpc) is 1.85. The van der Waals surface area contributed by atoms with E-state index in [2.05, 4.69) is 12.6 Å². The zero-order chi connectivity index (χ0) is 9.44. The quantitative estimate of drug-likeness (QED) is 0.317. The summed E-state index contributed by atoms with van der Waals surface area (Å²) in [6.07, 6.45) is -2.33. The summed E-state index contributed by atoms with van der Waals surface area (Å²) in [5.41, 5.74) is 4.94. The monoisotopic (exact) mass is 227 g/mol. The Hall–Kier alpha value is 1.05. The number of aliphatic carboxylic acids is 1. The van der Waals surface area contributed by atoms with E-state index in [0.717, 1.165) is 0 Å². The average molecular weight is 227 g/mol. The van der Waals surface area contributed by atoms with Gasteiger partial charge in [-0.1, -0.05) is 0 Å². The predicted molar refractivity (Wildman–Crippen MR) is 34.9 cm³/mol. The zero-order valence-electron chi connectivity index (χ0n) is 7.39. The second kappa shape index (κ2) is 15.5. The van der Waals surface area contributed by atoms with Crippen LogP contribution in [0.5, 0.6) is 0 Å². The van der Waals surface area contributed by atoms with E-state index in [-0.39, 0.29) is 64.9 Å². The summed E-state index contributed by atoms with van der Waals surface area (Å²) >= 11 is 3.65. The maximum Gasteiger partial charge on any atom is 1.00 e. The van der Waals surface area contributed by atoms with Crippen molar-refractivity contribution in [1.29, 1.82) is 0 Å². The van der Waals surface area contributed by atoms with Crippen LogP contribution in [0.25, 0.3) is 0 Å². The number of nitrogens with two attached hydrogens (primary N) is 1. The van der Waals surface area contributed by atoms with Gasteiger partial charge in [-0.05, 0) is 6.16 Å². The van der Waals surface area contributed by atoms with Crippen LogP contribution in [-0.2, 0) is 4.79 Å². The van der Waals surface area contributed by atoms with Gasteiger partial charge in [0.2, 0.25) is 0 Å². The van der Waals surface area contributed by atoms with Crippen LogP contribution >= 0.6 is 12.6 Å². The van der Waals surface area contributed by atoms with Gasteiger partial charge in [0.05, 0.1) is 0 Å². The van der Waals surface area contributed by atoms with Crippen molar-refractivity contribution in [2.24, 2.45) is 5.73 Å². The molecule has 3 N–H and O–H groups in total. The van der Waals surface area contributed by atoms with Crippen molar-refractivity contribution in [1.82, 2.24) is 0 Å². The molecule has 0 fully saturated rings. The zero-order valence-corrected chi connectivity index (χ0v) is 12.3.